The minimum Gasteiger partial charge on any atom is -0.396 e. The first-order valence-electron chi connectivity index (χ1n) is 7.42. The summed E-state index contributed by atoms with van der Waals surface area (Å²) < 4.78 is 13.0. The van der Waals surface area contributed by atoms with Gasteiger partial charge in [0.2, 0.25) is 5.91 Å². The van der Waals surface area contributed by atoms with Crippen molar-refractivity contribution in [3.63, 3.8) is 0 Å². The quantitative estimate of drug-likeness (QED) is 0.898. The molecule has 4 atom stereocenters. The molecule has 2 fully saturated rings. The predicted molar refractivity (Wildman–Crippen MR) is 78.5 cm³/mol. The number of aliphatic hydroxyl groups excluding tert-OH is 1. The zero-order valence-electron chi connectivity index (χ0n) is 11.7. The minimum absolute atomic E-state index is 0.0699. The van der Waals surface area contributed by atoms with Gasteiger partial charge in [-0.25, -0.2) is 4.39 Å². The molecule has 114 valence electrons. The van der Waals surface area contributed by atoms with Crippen LogP contribution in [0.4, 0.5) is 4.39 Å². The summed E-state index contributed by atoms with van der Waals surface area (Å²) in [6.07, 6.45) is 3.54. The molecule has 3 nitrogen and oxygen atoms in total. The van der Waals surface area contributed by atoms with E-state index in [1.807, 2.05) is 0 Å². The first-order valence-corrected chi connectivity index (χ1v) is 7.80. The van der Waals surface area contributed by atoms with Crippen LogP contribution in [0.1, 0.15) is 24.8 Å². The molecule has 2 saturated carbocycles. The van der Waals surface area contributed by atoms with Gasteiger partial charge in [-0.2, -0.15) is 0 Å². The Labute approximate surface area is 128 Å². The summed E-state index contributed by atoms with van der Waals surface area (Å²) in [4.78, 5) is 12.2. The Morgan fingerprint density at radius 2 is 2.14 bits per heavy atom. The third-order valence-electron chi connectivity index (χ3n) is 4.99. The summed E-state index contributed by atoms with van der Waals surface area (Å²) in [6, 6.07) is 4.14. The Kier molecular flexibility index (Phi) is 4.18. The molecule has 0 aliphatic heterocycles. The highest BCUT2D eigenvalue weighted by Gasteiger charge is 2.47. The highest BCUT2D eigenvalue weighted by Crippen LogP contribution is 2.48. The Balaban J connectivity index is 1.64. The summed E-state index contributed by atoms with van der Waals surface area (Å²) >= 11 is 5.95. The molecule has 21 heavy (non-hydrogen) atoms. The predicted octanol–water partition coefficient (Wildman–Crippen LogP) is 2.54. The highest BCUT2D eigenvalue weighted by atomic mass is 35.5. The zero-order chi connectivity index (χ0) is 15.0. The van der Waals surface area contributed by atoms with Crippen molar-refractivity contribution in [3.05, 3.63) is 34.6 Å². The molecule has 1 aromatic rings. The van der Waals surface area contributed by atoms with E-state index in [9.17, 15) is 14.3 Å². The molecule has 1 aromatic carbocycles. The summed E-state index contributed by atoms with van der Waals surface area (Å²) in [5, 5.41) is 12.8. The summed E-state index contributed by atoms with van der Waals surface area (Å²) in [7, 11) is 0. The van der Waals surface area contributed by atoms with Gasteiger partial charge in [-0.15, -0.1) is 0 Å². The largest absolute Gasteiger partial charge is 0.396 e. The molecular weight excluding hydrogens is 293 g/mol. The van der Waals surface area contributed by atoms with Crippen molar-refractivity contribution >= 4 is 17.5 Å². The van der Waals surface area contributed by atoms with Crippen molar-refractivity contribution < 1.29 is 14.3 Å². The van der Waals surface area contributed by atoms with Crippen molar-refractivity contribution in [1.82, 2.24) is 5.32 Å². The van der Waals surface area contributed by atoms with Crippen molar-refractivity contribution in [2.24, 2.45) is 17.8 Å². The van der Waals surface area contributed by atoms with Crippen LogP contribution in [0.2, 0.25) is 5.02 Å². The summed E-state index contributed by atoms with van der Waals surface area (Å²) in [5.41, 5.74) is 0.624. The zero-order valence-corrected chi connectivity index (χ0v) is 12.4. The third kappa shape index (κ3) is 2.92. The van der Waals surface area contributed by atoms with Crippen LogP contribution in [0.15, 0.2) is 18.2 Å². The van der Waals surface area contributed by atoms with Gasteiger partial charge in [0.1, 0.15) is 5.82 Å². The van der Waals surface area contributed by atoms with E-state index in [4.69, 9.17) is 11.6 Å². The third-order valence-corrected chi connectivity index (χ3v) is 5.34. The lowest BCUT2D eigenvalue weighted by Crippen LogP contribution is -2.45. The molecule has 0 spiro atoms. The average Bonchev–Trinajstić information content (AvgIpc) is 3.03. The normalized spacial score (nSPS) is 30.6. The van der Waals surface area contributed by atoms with Crippen LogP contribution in [0.5, 0.6) is 0 Å². The minimum atomic E-state index is -0.405. The molecule has 2 bridgehead atoms. The van der Waals surface area contributed by atoms with E-state index in [1.165, 1.54) is 12.1 Å². The number of hydrogen-bond donors (Lipinski definition) is 2. The first kappa shape index (κ1) is 14.8. The molecule has 2 N–H and O–H groups in total. The molecule has 0 radical (unpaired) electrons. The maximum Gasteiger partial charge on any atom is 0.224 e. The van der Waals surface area contributed by atoms with E-state index in [2.05, 4.69) is 5.32 Å². The summed E-state index contributed by atoms with van der Waals surface area (Å²) in [6.45, 7) is 0.128. The number of carbonyl (C=O) groups is 1. The SMILES string of the molecule is O=C(Cc1ccc(F)cc1Cl)NC1C2CCC(C2)C1CO. The fraction of sp³-hybridized carbons (Fsp3) is 0.562. The number of rotatable bonds is 4. The van der Waals surface area contributed by atoms with Crippen LogP contribution in [-0.4, -0.2) is 23.7 Å². The van der Waals surface area contributed by atoms with E-state index < -0.39 is 5.82 Å². The number of benzene rings is 1. The molecule has 5 heteroatoms. The fourth-order valence-corrected chi connectivity index (χ4v) is 4.21. The number of nitrogens with one attached hydrogen (secondary N) is 1. The van der Waals surface area contributed by atoms with Gasteiger partial charge in [-0.1, -0.05) is 17.7 Å². The Bertz CT molecular complexity index is 551. The molecule has 3 rings (SSSR count). The standard InChI is InChI=1S/C16H19ClFNO2/c17-14-7-12(18)4-3-10(14)6-15(21)19-16-11-2-1-9(5-11)13(16)8-20/h3-4,7,9,11,13,16,20H,1-2,5-6,8H2,(H,19,21). The number of hydrogen-bond acceptors (Lipinski definition) is 2. The van der Waals surface area contributed by atoms with Crippen LogP contribution >= 0.6 is 11.6 Å². The molecule has 2 aliphatic rings. The van der Waals surface area contributed by atoms with Crippen molar-refractivity contribution in [3.8, 4) is 0 Å². The monoisotopic (exact) mass is 311 g/mol. The van der Waals surface area contributed by atoms with E-state index in [1.54, 1.807) is 6.07 Å². The van der Waals surface area contributed by atoms with E-state index in [-0.39, 0.29) is 35.9 Å². The van der Waals surface area contributed by atoms with Gasteiger partial charge in [0.05, 0.1) is 6.42 Å². The van der Waals surface area contributed by atoms with Gasteiger partial charge in [-0.05, 0) is 48.8 Å². The Morgan fingerprint density at radius 3 is 2.86 bits per heavy atom. The van der Waals surface area contributed by atoms with Crippen LogP contribution in [-0.2, 0) is 11.2 Å². The van der Waals surface area contributed by atoms with Crippen LogP contribution in [0.3, 0.4) is 0 Å². The van der Waals surface area contributed by atoms with E-state index in [0.717, 1.165) is 19.3 Å². The molecule has 4 unspecified atom stereocenters. The number of aliphatic hydroxyl groups is 1. The van der Waals surface area contributed by atoms with Gasteiger partial charge >= 0.3 is 0 Å². The molecule has 0 aromatic heterocycles. The lowest BCUT2D eigenvalue weighted by atomic mass is 9.85. The second kappa shape index (κ2) is 5.93. The lowest BCUT2D eigenvalue weighted by molar-refractivity contribution is -0.122. The lowest BCUT2D eigenvalue weighted by Gasteiger charge is -2.30. The molecular formula is C16H19ClFNO2. The van der Waals surface area contributed by atoms with Crippen molar-refractivity contribution in [1.29, 1.82) is 0 Å². The first-order chi connectivity index (χ1) is 10.1. The number of halogens is 2. The second-order valence-electron chi connectivity index (χ2n) is 6.19. The number of carbonyl (C=O) groups excluding carboxylic acids is 1. The maximum absolute atomic E-state index is 13.0. The van der Waals surface area contributed by atoms with Gasteiger partial charge in [0, 0.05) is 23.6 Å². The number of fused-ring (bicyclic) bond motifs is 2. The van der Waals surface area contributed by atoms with Crippen molar-refractivity contribution in [2.75, 3.05) is 6.61 Å². The molecule has 0 saturated heterocycles. The fourth-order valence-electron chi connectivity index (χ4n) is 3.97. The van der Waals surface area contributed by atoms with Gasteiger partial charge in [0.25, 0.3) is 0 Å². The topological polar surface area (TPSA) is 49.3 Å². The van der Waals surface area contributed by atoms with Gasteiger partial charge < -0.3 is 10.4 Å². The van der Waals surface area contributed by atoms with Crippen molar-refractivity contribution in [2.45, 2.75) is 31.7 Å². The molecule has 1 amide bonds. The smallest absolute Gasteiger partial charge is 0.224 e. The van der Waals surface area contributed by atoms with Gasteiger partial charge in [-0.3, -0.25) is 4.79 Å². The van der Waals surface area contributed by atoms with Crippen LogP contribution in [0, 0.1) is 23.6 Å². The maximum atomic E-state index is 13.0. The second-order valence-corrected chi connectivity index (χ2v) is 6.59. The van der Waals surface area contributed by atoms with E-state index >= 15 is 0 Å². The van der Waals surface area contributed by atoms with Crippen LogP contribution < -0.4 is 5.32 Å². The van der Waals surface area contributed by atoms with E-state index in [0.29, 0.717) is 17.4 Å². The molecule has 0 heterocycles. The molecule has 2 aliphatic carbocycles. The van der Waals surface area contributed by atoms with Gasteiger partial charge in [0.15, 0.2) is 0 Å². The average molecular weight is 312 g/mol. The Hall–Kier alpha value is -1.13. The van der Waals surface area contributed by atoms with Crippen LogP contribution in [0.25, 0.3) is 0 Å². The Morgan fingerprint density at radius 1 is 1.38 bits per heavy atom. The highest BCUT2D eigenvalue weighted by molar-refractivity contribution is 6.31. The summed E-state index contributed by atoms with van der Waals surface area (Å²) in [5.74, 6) is 0.688. The number of amides is 1.